The summed E-state index contributed by atoms with van der Waals surface area (Å²) in [5, 5.41) is 22.2. The second kappa shape index (κ2) is 9.86. The maximum absolute atomic E-state index is 12.5. The summed E-state index contributed by atoms with van der Waals surface area (Å²) in [5.74, 6) is 0.353. The highest BCUT2D eigenvalue weighted by atomic mass is 16.6. The van der Waals surface area contributed by atoms with Gasteiger partial charge in [0.1, 0.15) is 17.7 Å². The molecule has 0 atom stereocenters. The number of nitro groups is 2. The van der Waals surface area contributed by atoms with Crippen LogP contribution in [0.4, 0.5) is 17.1 Å². The van der Waals surface area contributed by atoms with Crippen molar-refractivity contribution in [2.24, 2.45) is 0 Å². The van der Waals surface area contributed by atoms with Gasteiger partial charge in [-0.05, 0) is 31.2 Å². The molecule has 0 unspecified atom stereocenters. The van der Waals surface area contributed by atoms with Crippen molar-refractivity contribution in [3.63, 3.8) is 0 Å². The van der Waals surface area contributed by atoms with Crippen molar-refractivity contribution in [1.82, 2.24) is 4.90 Å². The van der Waals surface area contributed by atoms with Gasteiger partial charge < -0.3 is 14.5 Å². The fourth-order valence-electron chi connectivity index (χ4n) is 3.56. The van der Waals surface area contributed by atoms with Gasteiger partial charge in [-0.25, -0.2) is 0 Å². The quantitative estimate of drug-likeness (QED) is 0.346. The Kier molecular flexibility index (Phi) is 6.98. The molecule has 168 valence electrons. The zero-order valence-corrected chi connectivity index (χ0v) is 17.4. The maximum Gasteiger partial charge on any atom is 0.293 e. The Labute approximate surface area is 183 Å². The summed E-state index contributed by atoms with van der Waals surface area (Å²) >= 11 is 0. The highest BCUT2D eigenvalue weighted by molar-refractivity contribution is 5.80. The summed E-state index contributed by atoms with van der Waals surface area (Å²) in [7, 11) is 0. The van der Waals surface area contributed by atoms with Crippen molar-refractivity contribution >= 4 is 29.3 Å². The van der Waals surface area contributed by atoms with E-state index in [1.54, 1.807) is 24.0 Å². The lowest BCUT2D eigenvalue weighted by molar-refractivity contribution is -0.385. The van der Waals surface area contributed by atoms with Gasteiger partial charge in [-0.1, -0.05) is 0 Å². The van der Waals surface area contributed by atoms with Crippen molar-refractivity contribution in [2.75, 3.05) is 37.7 Å². The molecule has 1 fully saturated rings. The molecule has 1 amide bonds. The SMILES string of the molecule is Cc1cc(OCCC(=O)N2CCN(c3ccc(C=O)cc3[N+](=O)[O-])CC2)ccc1[N+](=O)[O-]. The van der Waals surface area contributed by atoms with E-state index in [-0.39, 0.29) is 35.9 Å². The molecule has 0 bridgehead atoms. The molecule has 1 aliphatic rings. The van der Waals surface area contributed by atoms with Crippen LogP contribution in [0.1, 0.15) is 22.3 Å². The Balaban J connectivity index is 1.52. The first-order valence-electron chi connectivity index (χ1n) is 9.94. The van der Waals surface area contributed by atoms with Crippen LogP contribution in [0.3, 0.4) is 0 Å². The van der Waals surface area contributed by atoms with E-state index in [0.29, 0.717) is 49.5 Å². The number of ether oxygens (including phenoxy) is 1. The Bertz CT molecular complexity index is 1050. The number of aryl methyl sites for hydroxylation is 1. The number of carbonyl (C=O) groups excluding carboxylic acids is 2. The minimum atomic E-state index is -0.517. The number of amides is 1. The molecule has 1 saturated heterocycles. The predicted molar refractivity (Wildman–Crippen MR) is 115 cm³/mol. The molecule has 0 spiro atoms. The molecule has 3 rings (SSSR count). The summed E-state index contributed by atoms with van der Waals surface area (Å²) in [4.78, 5) is 48.1. The van der Waals surface area contributed by atoms with E-state index in [9.17, 15) is 29.8 Å². The van der Waals surface area contributed by atoms with E-state index in [1.165, 1.54) is 24.3 Å². The number of piperazine rings is 1. The van der Waals surface area contributed by atoms with Crippen LogP contribution >= 0.6 is 0 Å². The Morgan fingerprint density at radius 2 is 1.72 bits per heavy atom. The molecular formula is C21H22N4O7. The first-order chi connectivity index (χ1) is 15.3. The first kappa shape index (κ1) is 22.7. The predicted octanol–water partition coefficient (Wildman–Crippen LogP) is 2.74. The Hall–Kier alpha value is -4.02. The third kappa shape index (κ3) is 5.17. The molecule has 11 heteroatoms. The third-order valence-corrected chi connectivity index (χ3v) is 5.25. The highest BCUT2D eigenvalue weighted by Crippen LogP contribution is 2.30. The zero-order valence-electron chi connectivity index (χ0n) is 17.4. The second-order valence-electron chi connectivity index (χ2n) is 7.29. The smallest absolute Gasteiger partial charge is 0.293 e. The van der Waals surface area contributed by atoms with Crippen LogP contribution in [0.5, 0.6) is 5.75 Å². The number of benzene rings is 2. The largest absolute Gasteiger partial charge is 0.493 e. The average Bonchev–Trinajstić information content (AvgIpc) is 2.78. The minimum Gasteiger partial charge on any atom is -0.493 e. The number of hydrogen-bond acceptors (Lipinski definition) is 8. The molecule has 1 aliphatic heterocycles. The fraction of sp³-hybridized carbons (Fsp3) is 0.333. The van der Waals surface area contributed by atoms with E-state index >= 15 is 0 Å². The summed E-state index contributed by atoms with van der Waals surface area (Å²) in [6, 6.07) is 8.76. The van der Waals surface area contributed by atoms with E-state index in [1.807, 2.05) is 4.90 Å². The van der Waals surface area contributed by atoms with Crippen LogP contribution in [-0.2, 0) is 4.79 Å². The number of carbonyl (C=O) groups is 2. The summed E-state index contributed by atoms with van der Waals surface area (Å²) in [6.07, 6.45) is 0.706. The van der Waals surface area contributed by atoms with Gasteiger partial charge in [0.25, 0.3) is 11.4 Å². The van der Waals surface area contributed by atoms with Gasteiger partial charge in [0.15, 0.2) is 0 Å². The van der Waals surface area contributed by atoms with Crippen molar-refractivity contribution in [3.05, 3.63) is 67.8 Å². The normalized spacial score (nSPS) is 13.5. The van der Waals surface area contributed by atoms with Crippen molar-refractivity contribution in [2.45, 2.75) is 13.3 Å². The van der Waals surface area contributed by atoms with Crippen molar-refractivity contribution in [3.8, 4) is 5.75 Å². The van der Waals surface area contributed by atoms with Gasteiger partial charge in [0, 0.05) is 49.4 Å². The Morgan fingerprint density at radius 1 is 1.03 bits per heavy atom. The maximum atomic E-state index is 12.5. The minimum absolute atomic E-state index is 0.00679. The average molecular weight is 442 g/mol. The van der Waals surface area contributed by atoms with E-state index in [4.69, 9.17) is 4.74 Å². The lowest BCUT2D eigenvalue weighted by atomic mass is 10.1. The number of rotatable bonds is 8. The lowest BCUT2D eigenvalue weighted by Crippen LogP contribution is -2.49. The summed E-state index contributed by atoms with van der Waals surface area (Å²) < 4.78 is 5.55. The van der Waals surface area contributed by atoms with Crippen LogP contribution in [0, 0.1) is 27.2 Å². The van der Waals surface area contributed by atoms with Gasteiger partial charge in [-0.3, -0.25) is 29.8 Å². The van der Waals surface area contributed by atoms with Crippen molar-refractivity contribution in [1.29, 1.82) is 0 Å². The summed E-state index contributed by atoms with van der Waals surface area (Å²) in [5.41, 5.74) is 1.00. The third-order valence-electron chi connectivity index (χ3n) is 5.25. The number of nitrogens with zero attached hydrogens (tertiary/aromatic N) is 4. The van der Waals surface area contributed by atoms with Crippen LogP contribution < -0.4 is 9.64 Å². The van der Waals surface area contributed by atoms with E-state index < -0.39 is 9.85 Å². The molecule has 0 N–H and O–H groups in total. The van der Waals surface area contributed by atoms with Crippen LogP contribution in [-0.4, -0.2) is 59.7 Å². The van der Waals surface area contributed by atoms with E-state index in [0.717, 1.165) is 0 Å². The second-order valence-corrected chi connectivity index (χ2v) is 7.29. The van der Waals surface area contributed by atoms with Gasteiger partial charge in [-0.2, -0.15) is 0 Å². The van der Waals surface area contributed by atoms with E-state index in [2.05, 4.69) is 0 Å². The van der Waals surface area contributed by atoms with Crippen LogP contribution in [0.2, 0.25) is 0 Å². The molecule has 32 heavy (non-hydrogen) atoms. The van der Waals surface area contributed by atoms with Gasteiger partial charge in [0.05, 0.1) is 22.9 Å². The molecule has 0 aliphatic carbocycles. The van der Waals surface area contributed by atoms with Crippen molar-refractivity contribution < 1.29 is 24.2 Å². The summed E-state index contributed by atoms with van der Waals surface area (Å²) in [6.45, 7) is 3.41. The number of anilines is 1. The number of hydrogen-bond donors (Lipinski definition) is 0. The molecule has 11 nitrogen and oxygen atoms in total. The molecule has 0 aromatic heterocycles. The lowest BCUT2D eigenvalue weighted by Gasteiger charge is -2.35. The topological polar surface area (TPSA) is 136 Å². The number of nitro benzene ring substituents is 2. The zero-order chi connectivity index (χ0) is 23.3. The van der Waals surface area contributed by atoms with Gasteiger partial charge in [0.2, 0.25) is 5.91 Å². The monoisotopic (exact) mass is 442 g/mol. The number of aldehydes is 1. The van der Waals surface area contributed by atoms with Gasteiger partial charge >= 0.3 is 0 Å². The molecule has 0 saturated carbocycles. The van der Waals surface area contributed by atoms with Gasteiger partial charge in [-0.15, -0.1) is 0 Å². The molecule has 2 aromatic rings. The van der Waals surface area contributed by atoms with Crippen LogP contribution in [0.25, 0.3) is 0 Å². The molecule has 1 heterocycles. The molecular weight excluding hydrogens is 420 g/mol. The van der Waals surface area contributed by atoms with Crippen LogP contribution in [0.15, 0.2) is 36.4 Å². The first-order valence-corrected chi connectivity index (χ1v) is 9.94. The Morgan fingerprint density at radius 3 is 2.31 bits per heavy atom. The fourth-order valence-corrected chi connectivity index (χ4v) is 3.56. The standard InChI is InChI=1S/C21H22N4O7/c1-15-12-17(3-5-18(15)24(28)29)32-11-6-21(27)23-9-7-22(8-10-23)19-4-2-16(14-26)13-20(19)25(30)31/h2-5,12-14H,6-11H2,1H3. The molecule has 0 radical (unpaired) electrons. The highest BCUT2D eigenvalue weighted by Gasteiger charge is 2.26. The molecule has 2 aromatic carbocycles.